The van der Waals surface area contributed by atoms with E-state index in [-0.39, 0.29) is 12.1 Å². The number of rotatable bonds is 7. The Morgan fingerprint density at radius 2 is 1.83 bits per heavy atom. The van der Waals surface area contributed by atoms with Crippen molar-refractivity contribution in [1.82, 2.24) is 28.7 Å². The van der Waals surface area contributed by atoms with Crippen LogP contribution in [0.2, 0.25) is 0 Å². The predicted octanol–water partition coefficient (Wildman–Crippen LogP) is 3.50. The normalized spacial score (nSPS) is 11.6. The van der Waals surface area contributed by atoms with Gasteiger partial charge >= 0.3 is 5.69 Å². The number of aromatic nitrogens is 6. The van der Waals surface area contributed by atoms with Crippen LogP contribution >= 0.6 is 11.3 Å². The summed E-state index contributed by atoms with van der Waals surface area (Å²) >= 11 is 1.50. The number of thiophene rings is 1. The zero-order valence-electron chi connectivity index (χ0n) is 19.9. The number of hydrogen-bond acceptors (Lipinski definition) is 6. The van der Waals surface area contributed by atoms with Gasteiger partial charge in [0.25, 0.3) is 11.1 Å². The molecule has 1 aromatic carbocycles. The minimum absolute atomic E-state index is 0.134. The first-order valence-corrected chi connectivity index (χ1v) is 12.5. The minimum Gasteiger partial charge on any atom is -0.321 e. The molecule has 0 radical (unpaired) electrons. The average Bonchev–Trinajstić information content (AvgIpc) is 3.39. The van der Waals surface area contributed by atoms with E-state index < -0.39 is 11.2 Å². The van der Waals surface area contributed by atoms with Gasteiger partial charge in [0.1, 0.15) is 10.7 Å². The number of benzene rings is 1. The molecule has 5 rings (SSSR count). The second-order valence-electron chi connectivity index (χ2n) is 8.47. The van der Waals surface area contributed by atoms with Crippen LogP contribution in [0.25, 0.3) is 32.5 Å². The van der Waals surface area contributed by atoms with Gasteiger partial charge in [0.2, 0.25) is 0 Å². The molecule has 4 aromatic heterocycles. The highest BCUT2D eigenvalue weighted by molar-refractivity contribution is 7.19. The van der Waals surface area contributed by atoms with E-state index in [2.05, 4.69) is 15.0 Å². The van der Waals surface area contributed by atoms with Crippen LogP contribution in [0.3, 0.4) is 0 Å². The molecule has 0 atom stereocenters. The van der Waals surface area contributed by atoms with E-state index in [0.29, 0.717) is 40.3 Å². The molecule has 0 unspecified atom stereocenters. The van der Waals surface area contributed by atoms with Gasteiger partial charge in [0.05, 0.1) is 18.3 Å². The van der Waals surface area contributed by atoms with Gasteiger partial charge in [0, 0.05) is 23.5 Å². The van der Waals surface area contributed by atoms with Crippen molar-refractivity contribution in [2.45, 2.75) is 53.2 Å². The van der Waals surface area contributed by atoms with Crippen LogP contribution in [0.5, 0.6) is 0 Å². The fourth-order valence-corrected chi connectivity index (χ4v) is 5.56. The van der Waals surface area contributed by atoms with Crippen LogP contribution in [0.1, 0.15) is 37.4 Å². The molecule has 10 heteroatoms. The maximum atomic E-state index is 13.7. The Hall–Kier alpha value is -3.79. The smallest absolute Gasteiger partial charge is 0.321 e. The standard InChI is InChI=1S/C25H26N6O3S/c1-4-6-12-31-21-20(22(32)28-25(31)34)30(5-2)17(27-21)13-29-14-26-23-19(24(29)33)18(15(3)35-23)16-10-8-7-9-11-16/h7-11,14H,4-6,12-13H2,1-3H3,(H,28,32,34). The second kappa shape index (κ2) is 9.10. The summed E-state index contributed by atoms with van der Waals surface area (Å²) in [4.78, 5) is 52.2. The minimum atomic E-state index is -0.473. The summed E-state index contributed by atoms with van der Waals surface area (Å²) in [5, 5.41) is 0.582. The lowest BCUT2D eigenvalue weighted by atomic mass is 10.0. The van der Waals surface area contributed by atoms with E-state index >= 15 is 0 Å². The third-order valence-corrected chi connectivity index (χ3v) is 7.26. The zero-order valence-corrected chi connectivity index (χ0v) is 20.7. The molecule has 0 fully saturated rings. The highest BCUT2D eigenvalue weighted by Gasteiger charge is 2.20. The number of hydrogen-bond donors (Lipinski definition) is 1. The topological polar surface area (TPSA) is 108 Å². The second-order valence-corrected chi connectivity index (χ2v) is 9.67. The van der Waals surface area contributed by atoms with Crippen molar-refractivity contribution >= 4 is 32.7 Å². The van der Waals surface area contributed by atoms with Crippen molar-refractivity contribution in [3.63, 3.8) is 0 Å². The van der Waals surface area contributed by atoms with E-state index in [1.54, 1.807) is 4.57 Å². The molecule has 0 saturated heterocycles. The Morgan fingerprint density at radius 1 is 1.06 bits per heavy atom. The molecule has 35 heavy (non-hydrogen) atoms. The lowest BCUT2D eigenvalue weighted by Crippen LogP contribution is -2.31. The molecular weight excluding hydrogens is 464 g/mol. The number of aryl methyl sites for hydroxylation is 3. The van der Waals surface area contributed by atoms with Crippen molar-refractivity contribution in [2.24, 2.45) is 0 Å². The summed E-state index contributed by atoms with van der Waals surface area (Å²) in [6.45, 7) is 7.01. The first-order chi connectivity index (χ1) is 16.9. The summed E-state index contributed by atoms with van der Waals surface area (Å²) in [6, 6.07) is 9.83. The first-order valence-electron chi connectivity index (χ1n) is 11.7. The van der Waals surface area contributed by atoms with E-state index in [1.807, 2.05) is 51.1 Å². The largest absolute Gasteiger partial charge is 0.330 e. The van der Waals surface area contributed by atoms with Gasteiger partial charge in [-0.3, -0.25) is 23.7 Å². The van der Waals surface area contributed by atoms with Crippen LogP contribution in [0.15, 0.2) is 51.0 Å². The van der Waals surface area contributed by atoms with E-state index in [9.17, 15) is 14.4 Å². The third-order valence-electron chi connectivity index (χ3n) is 6.25. The summed E-state index contributed by atoms with van der Waals surface area (Å²) < 4.78 is 4.80. The lowest BCUT2D eigenvalue weighted by molar-refractivity contribution is 0.612. The van der Waals surface area contributed by atoms with Gasteiger partial charge in [-0.2, -0.15) is 0 Å². The Bertz CT molecular complexity index is 1720. The van der Waals surface area contributed by atoms with Crippen molar-refractivity contribution in [2.75, 3.05) is 0 Å². The Labute approximate surface area is 204 Å². The third kappa shape index (κ3) is 3.83. The van der Waals surface area contributed by atoms with Gasteiger partial charge in [-0.25, -0.2) is 14.8 Å². The quantitative estimate of drug-likeness (QED) is 0.376. The molecule has 9 nitrogen and oxygen atoms in total. The molecule has 0 aliphatic carbocycles. The van der Waals surface area contributed by atoms with Crippen molar-refractivity contribution in [3.05, 3.63) is 78.6 Å². The summed E-state index contributed by atoms with van der Waals surface area (Å²) in [6.07, 6.45) is 3.22. The molecule has 0 bridgehead atoms. The maximum Gasteiger partial charge on any atom is 0.330 e. The number of nitrogens with zero attached hydrogens (tertiary/aromatic N) is 5. The Balaban J connectivity index is 1.68. The van der Waals surface area contributed by atoms with Gasteiger partial charge in [-0.15, -0.1) is 11.3 Å². The van der Waals surface area contributed by atoms with Gasteiger partial charge in [0.15, 0.2) is 11.2 Å². The molecule has 0 amide bonds. The zero-order chi connectivity index (χ0) is 24.7. The lowest BCUT2D eigenvalue weighted by Gasteiger charge is -2.08. The van der Waals surface area contributed by atoms with Crippen molar-refractivity contribution < 1.29 is 0 Å². The number of H-pyrrole nitrogens is 1. The summed E-state index contributed by atoms with van der Waals surface area (Å²) in [5.74, 6) is 0.528. The molecule has 4 heterocycles. The molecule has 0 spiro atoms. The molecule has 1 N–H and O–H groups in total. The van der Waals surface area contributed by atoms with Crippen molar-refractivity contribution in [1.29, 1.82) is 0 Å². The highest BCUT2D eigenvalue weighted by Crippen LogP contribution is 2.35. The molecule has 5 aromatic rings. The van der Waals surface area contributed by atoms with Crippen LogP contribution < -0.4 is 16.8 Å². The van der Waals surface area contributed by atoms with Crippen LogP contribution in [-0.2, 0) is 19.6 Å². The summed E-state index contributed by atoms with van der Waals surface area (Å²) in [5.41, 5.74) is 1.46. The predicted molar refractivity (Wildman–Crippen MR) is 138 cm³/mol. The van der Waals surface area contributed by atoms with Gasteiger partial charge < -0.3 is 4.57 Å². The van der Waals surface area contributed by atoms with Gasteiger partial charge in [-0.1, -0.05) is 43.7 Å². The van der Waals surface area contributed by atoms with Crippen LogP contribution in [0, 0.1) is 6.92 Å². The molecular formula is C25H26N6O3S. The fourth-order valence-electron chi connectivity index (χ4n) is 4.56. The number of fused-ring (bicyclic) bond motifs is 2. The number of unbranched alkanes of at least 4 members (excludes halogenated alkanes) is 1. The van der Waals surface area contributed by atoms with E-state index in [1.165, 1.54) is 26.8 Å². The first kappa shape index (κ1) is 23.0. The fraction of sp³-hybridized carbons (Fsp3) is 0.320. The monoisotopic (exact) mass is 490 g/mol. The Kier molecular flexibility index (Phi) is 5.98. The molecule has 0 saturated carbocycles. The maximum absolute atomic E-state index is 13.7. The van der Waals surface area contributed by atoms with Gasteiger partial charge in [-0.05, 0) is 25.8 Å². The summed E-state index contributed by atoms with van der Waals surface area (Å²) in [7, 11) is 0. The van der Waals surface area contributed by atoms with Crippen molar-refractivity contribution in [3.8, 4) is 11.1 Å². The molecule has 0 aliphatic heterocycles. The van der Waals surface area contributed by atoms with E-state index in [4.69, 9.17) is 0 Å². The van der Waals surface area contributed by atoms with E-state index in [0.717, 1.165) is 28.8 Å². The average molecular weight is 491 g/mol. The van der Waals surface area contributed by atoms with Crippen LogP contribution in [-0.4, -0.2) is 28.7 Å². The SMILES string of the molecule is CCCCn1c(=O)[nH]c(=O)c2c1nc(Cn1cnc3sc(C)c(-c4ccccc4)c3c1=O)n2CC. The molecule has 180 valence electrons. The number of imidazole rings is 1. The Morgan fingerprint density at radius 3 is 2.54 bits per heavy atom. The molecule has 0 aliphatic rings. The highest BCUT2D eigenvalue weighted by atomic mass is 32.1. The number of aromatic amines is 1. The van der Waals surface area contributed by atoms with Crippen LogP contribution in [0.4, 0.5) is 0 Å². The number of nitrogens with one attached hydrogen (secondary N) is 1.